The Kier molecular flexibility index (Phi) is 5.82. The third-order valence-corrected chi connectivity index (χ3v) is 4.14. The summed E-state index contributed by atoms with van der Waals surface area (Å²) in [5, 5.41) is 13.1. The first-order valence-electron chi connectivity index (χ1n) is 7.35. The largest absolute Gasteiger partial charge is 0.411 e. The van der Waals surface area contributed by atoms with Crippen LogP contribution in [0.25, 0.3) is 11.5 Å². The molecule has 3 aromatic rings. The number of imide groups is 1. The van der Waals surface area contributed by atoms with Gasteiger partial charge in [-0.25, -0.2) is 9.78 Å². The molecule has 0 bridgehead atoms. The van der Waals surface area contributed by atoms with Gasteiger partial charge in [-0.05, 0) is 24.3 Å². The van der Waals surface area contributed by atoms with E-state index in [1.807, 2.05) is 0 Å². The SMILES string of the molecule is O=C(CSc1nnc(-c2ccccc2Cl)o1)NC(=O)Nc1ccccn1. The third kappa shape index (κ3) is 4.80. The fourth-order valence-corrected chi connectivity index (χ4v) is 2.67. The quantitative estimate of drug-likeness (QED) is 0.644. The first-order valence-corrected chi connectivity index (χ1v) is 8.71. The van der Waals surface area contributed by atoms with Crippen LogP contribution in [0.4, 0.5) is 10.6 Å². The average molecular weight is 390 g/mol. The molecule has 2 aromatic heterocycles. The molecule has 0 atom stereocenters. The molecule has 0 radical (unpaired) electrons. The molecular weight excluding hydrogens is 378 g/mol. The van der Waals surface area contributed by atoms with Gasteiger partial charge in [-0.2, -0.15) is 0 Å². The summed E-state index contributed by atoms with van der Waals surface area (Å²) >= 11 is 7.08. The summed E-state index contributed by atoms with van der Waals surface area (Å²) < 4.78 is 5.47. The van der Waals surface area contributed by atoms with Crippen LogP contribution < -0.4 is 10.6 Å². The highest BCUT2D eigenvalue weighted by atomic mass is 35.5. The first-order chi connectivity index (χ1) is 12.6. The van der Waals surface area contributed by atoms with Crippen LogP contribution in [0, 0.1) is 0 Å². The number of carbonyl (C=O) groups is 2. The van der Waals surface area contributed by atoms with Gasteiger partial charge in [0.25, 0.3) is 5.22 Å². The molecule has 2 heterocycles. The number of rotatable bonds is 5. The first kappa shape index (κ1) is 17.9. The number of carbonyl (C=O) groups excluding carboxylic acids is 2. The molecular formula is C16H12ClN5O3S. The van der Waals surface area contributed by atoms with Crippen molar-refractivity contribution in [3.63, 3.8) is 0 Å². The number of thioether (sulfide) groups is 1. The van der Waals surface area contributed by atoms with Gasteiger partial charge in [0.2, 0.25) is 11.8 Å². The Morgan fingerprint density at radius 3 is 2.69 bits per heavy atom. The lowest BCUT2D eigenvalue weighted by Gasteiger charge is -2.04. The highest BCUT2D eigenvalue weighted by Gasteiger charge is 2.14. The van der Waals surface area contributed by atoms with Crippen LogP contribution in [0.1, 0.15) is 0 Å². The topological polar surface area (TPSA) is 110 Å². The summed E-state index contributed by atoms with van der Waals surface area (Å²) in [7, 11) is 0. The zero-order valence-corrected chi connectivity index (χ0v) is 14.8. The zero-order valence-electron chi connectivity index (χ0n) is 13.2. The molecule has 132 valence electrons. The maximum atomic E-state index is 11.8. The summed E-state index contributed by atoms with van der Waals surface area (Å²) in [6, 6.07) is 11.4. The molecule has 2 N–H and O–H groups in total. The Bertz CT molecular complexity index is 919. The fraction of sp³-hybridized carbons (Fsp3) is 0.0625. The van der Waals surface area contributed by atoms with E-state index in [9.17, 15) is 9.59 Å². The Morgan fingerprint density at radius 2 is 1.92 bits per heavy atom. The molecule has 0 saturated heterocycles. The van der Waals surface area contributed by atoms with Crippen molar-refractivity contribution in [1.82, 2.24) is 20.5 Å². The maximum absolute atomic E-state index is 11.8. The smallest absolute Gasteiger partial charge is 0.327 e. The second-order valence-corrected chi connectivity index (χ2v) is 6.19. The van der Waals surface area contributed by atoms with Gasteiger partial charge in [-0.15, -0.1) is 10.2 Å². The molecule has 0 aliphatic rings. The van der Waals surface area contributed by atoms with Crippen molar-refractivity contribution in [2.24, 2.45) is 0 Å². The van der Waals surface area contributed by atoms with Crippen molar-refractivity contribution in [2.75, 3.05) is 11.1 Å². The molecule has 0 saturated carbocycles. The van der Waals surface area contributed by atoms with E-state index in [1.54, 1.807) is 42.5 Å². The van der Waals surface area contributed by atoms with Gasteiger partial charge in [0.1, 0.15) is 5.82 Å². The van der Waals surface area contributed by atoms with Crippen LogP contribution in [-0.4, -0.2) is 32.9 Å². The number of urea groups is 1. The van der Waals surface area contributed by atoms with Gasteiger partial charge >= 0.3 is 6.03 Å². The lowest BCUT2D eigenvalue weighted by Crippen LogP contribution is -2.35. The lowest BCUT2D eigenvalue weighted by molar-refractivity contribution is -0.117. The van der Waals surface area contributed by atoms with Crippen molar-refractivity contribution in [3.05, 3.63) is 53.7 Å². The highest BCUT2D eigenvalue weighted by molar-refractivity contribution is 7.99. The number of amides is 3. The van der Waals surface area contributed by atoms with E-state index in [1.165, 1.54) is 6.20 Å². The standard InChI is InChI=1S/C16H12ClN5O3S/c17-11-6-2-1-5-10(11)14-21-22-16(25-14)26-9-13(23)20-15(24)19-12-7-3-4-8-18-12/h1-8H,9H2,(H2,18,19,20,23,24). The molecule has 8 nitrogen and oxygen atoms in total. The minimum absolute atomic E-state index is 0.0696. The van der Waals surface area contributed by atoms with E-state index in [0.29, 0.717) is 16.4 Å². The van der Waals surface area contributed by atoms with Crippen molar-refractivity contribution in [2.45, 2.75) is 5.22 Å². The minimum atomic E-state index is -0.670. The van der Waals surface area contributed by atoms with Crippen molar-refractivity contribution in [3.8, 4) is 11.5 Å². The molecule has 26 heavy (non-hydrogen) atoms. The van der Waals surface area contributed by atoms with Gasteiger partial charge in [-0.3, -0.25) is 15.4 Å². The second kappa shape index (κ2) is 8.45. The molecule has 0 spiro atoms. The van der Waals surface area contributed by atoms with E-state index in [-0.39, 0.29) is 16.9 Å². The van der Waals surface area contributed by atoms with Gasteiger partial charge in [-0.1, -0.05) is 41.6 Å². The Labute approximate surface area is 157 Å². The molecule has 0 aliphatic carbocycles. The van der Waals surface area contributed by atoms with Gasteiger partial charge in [0, 0.05) is 6.20 Å². The number of hydrogen-bond acceptors (Lipinski definition) is 7. The summed E-state index contributed by atoms with van der Waals surface area (Å²) in [4.78, 5) is 27.5. The number of halogens is 1. The second-order valence-electron chi connectivity index (χ2n) is 4.86. The van der Waals surface area contributed by atoms with Gasteiger partial charge in [0.15, 0.2) is 0 Å². The zero-order chi connectivity index (χ0) is 18.4. The summed E-state index contributed by atoms with van der Waals surface area (Å²) in [6.45, 7) is 0. The van der Waals surface area contributed by atoms with Crippen LogP contribution in [0.5, 0.6) is 0 Å². The third-order valence-electron chi connectivity index (χ3n) is 3.00. The van der Waals surface area contributed by atoms with Crippen LogP contribution in [0.3, 0.4) is 0 Å². The normalized spacial score (nSPS) is 10.3. The summed E-state index contributed by atoms with van der Waals surface area (Å²) in [5.41, 5.74) is 0.604. The summed E-state index contributed by atoms with van der Waals surface area (Å²) in [5.74, 6) is 0.0128. The molecule has 0 fully saturated rings. The highest BCUT2D eigenvalue weighted by Crippen LogP contribution is 2.28. The number of benzene rings is 1. The molecule has 0 aliphatic heterocycles. The number of aromatic nitrogens is 3. The number of hydrogen-bond donors (Lipinski definition) is 2. The number of anilines is 1. The van der Waals surface area contributed by atoms with E-state index in [4.69, 9.17) is 16.0 Å². The average Bonchev–Trinajstić information content (AvgIpc) is 3.10. The van der Waals surface area contributed by atoms with Crippen molar-refractivity contribution in [1.29, 1.82) is 0 Å². The van der Waals surface area contributed by atoms with E-state index in [2.05, 4.69) is 25.8 Å². The molecule has 3 rings (SSSR count). The predicted octanol–water partition coefficient (Wildman–Crippen LogP) is 3.23. The van der Waals surface area contributed by atoms with Crippen molar-refractivity contribution >= 4 is 41.1 Å². The number of nitrogens with zero attached hydrogens (tertiary/aromatic N) is 3. The Morgan fingerprint density at radius 1 is 1.12 bits per heavy atom. The van der Waals surface area contributed by atoms with Crippen molar-refractivity contribution < 1.29 is 14.0 Å². The van der Waals surface area contributed by atoms with Gasteiger partial charge < -0.3 is 4.42 Å². The minimum Gasteiger partial charge on any atom is -0.411 e. The summed E-state index contributed by atoms with van der Waals surface area (Å²) in [6.07, 6.45) is 1.53. The molecule has 3 amide bonds. The van der Waals surface area contributed by atoms with Crippen LogP contribution >= 0.6 is 23.4 Å². The van der Waals surface area contributed by atoms with E-state index >= 15 is 0 Å². The maximum Gasteiger partial charge on any atom is 0.327 e. The molecule has 1 aromatic carbocycles. The van der Waals surface area contributed by atoms with Crippen LogP contribution in [0.2, 0.25) is 5.02 Å². The van der Waals surface area contributed by atoms with Gasteiger partial charge in [0.05, 0.1) is 16.3 Å². The molecule has 0 unspecified atom stereocenters. The van der Waals surface area contributed by atoms with E-state index in [0.717, 1.165) is 11.8 Å². The predicted molar refractivity (Wildman–Crippen MR) is 96.9 cm³/mol. The Hall–Kier alpha value is -2.91. The lowest BCUT2D eigenvalue weighted by atomic mass is 10.2. The van der Waals surface area contributed by atoms with Crippen LogP contribution in [0.15, 0.2) is 58.3 Å². The van der Waals surface area contributed by atoms with E-state index < -0.39 is 11.9 Å². The monoisotopic (exact) mass is 389 g/mol. The fourth-order valence-electron chi connectivity index (χ4n) is 1.89. The molecule has 10 heteroatoms. The van der Waals surface area contributed by atoms with Crippen LogP contribution in [-0.2, 0) is 4.79 Å². The number of nitrogens with one attached hydrogen (secondary N) is 2. The Balaban J connectivity index is 1.51. The number of pyridine rings is 1.